The van der Waals surface area contributed by atoms with Gasteiger partial charge in [-0.05, 0) is 30.5 Å². The molecule has 1 unspecified atom stereocenters. The van der Waals surface area contributed by atoms with Gasteiger partial charge in [0.05, 0.1) is 12.5 Å². The summed E-state index contributed by atoms with van der Waals surface area (Å²) >= 11 is 0. The molecule has 1 atom stereocenters. The second kappa shape index (κ2) is 5.25. The Morgan fingerprint density at radius 2 is 2.20 bits per heavy atom. The van der Waals surface area contributed by atoms with E-state index < -0.39 is 0 Å². The Hall–Kier alpha value is -1.88. The van der Waals surface area contributed by atoms with E-state index in [-0.39, 0.29) is 24.3 Å². The lowest BCUT2D eigenvalue weighted by Gasteiger charge is -2.15. The first-order chi connectivity index (χ1) is 9.67. The molecule has 2 N–H and O–H groups in total. The van der Waals surface area contributed by atoms with Gasteiger partial charge in [-0.15, -0.1) is 0 Å². The Balaban J connectivity index is 1.63. The maximum atomic E-state index is 12.2. The third kappa shape index (κ3) is 2.67. The quantitative estimate of drug-likeness (QED) is 0.864. The van der Waals surface area contributed by atoms with E-state index in [0.29, 0.717) is 24.7 Å². The largest absolute Gasteiger partial charge is 0.392 e. The fourth-order valence-corrected chi connectivity index (χ4v) is 2.64. The lowest BCUT2D eigenvalue weighted by Crippen LogP contribution is -2.29. The van der Waals surface area contributed by atoms with E-state index in [9.17, 15) is 9.59 Å². The highest BCUT2D eigenvalue weighted by Crippen LogP contribution is 2.32. The molecule has 1 aromatic carbocycles. The van der Waals surface area contributed by atoms with Crippen molar-refractivity contribution in [2.24, 2.45) is 5.92 Å². The van der Waals surface area contributed by atoms with Gasteiger partial charge in [-0.25, -0.2) is 0 Å². The van der Waals surface area contributed by atoms with E-state index in [1.54, 1.807) is 24.3 Å². The van der Waals surface area contributed by atoms with E-state index in [1.165, 1.54) is 0 Å². The lowest BCUT2D eigenvalue weighted by atomic mass is 10.1. The average molecular weight is 274 g/mol. The molecule has 106 valence electrons. The molecule has 1 aliphatic heterocycles. The number of amides is 2. The molecule has 1 saturated heterocycles. The highest BCUT2D eigenvalue weighted by atomic mass is 16.3. The first-order valence-corrected chi connectivity index (χ1v) is 6.97. The molecule has 2 amide bonds. The topological polar surface area (TPSA) is 69.6 Å². The molecule has 0 spiro atoms. The second-order valence-corrected chi connectivity index (χ2v) is 5.53. The minimum absolute atomic E-state index is 0.0545. The summed E-state index contributed by atoms with van der Waals surface area (Å²) in [6.07, 6.45) is 2.44. The standard InChI is InChI=1S/C15H18N2O3/c18-9-10-2-1-3-12(6-10)16-15(20)11-7-14(19)17(8-11)13-4-5-13/h1-3,6,11,13,18H,4-5,7-9H2,(H,16,20). The second-order valence-electron chi connectivity index (χ2n) is 5.53. The molecule has 2 aliphatic rings. The number of aliphatic hydroxyl groups is 1. The van der Waals surface area contributed by atoms with Crippen LogP contribution in [0.4, 0.5) is 5.69 Å². The van der Waals surface area contributed by atoms with Crippen molar-refractivity contribution >= 4 is 17.5 Å². The third-order valence-electron chi connectivity index (χ3n) is 3.89. The number of hydrogen-bond donors (Lipinski definition) is 2. The number of nitrogens with one attached hydrogen (secondary N) is 1. The van der Waals surface area contributed by atoms with Crippen molar-refractivity contribution < 1.29 is 14.7 Å². The van der Waals surface area contributed by atoms with Crippen LogP contribution in [0.15, 0.2) is 24.3 Å². The summed E-state index contributed by atoms with van der Waals surface area (Å²) in [6.45, 7) is 0.482. The van der Waals surface area contributed by atoms with Gasteiger partial charge in [-0.3, -0.25) is 9.59 Å². The van der Waals surface area contributed by atoms with Crippen molar-refractivity contribution in [3.63, 3.8) is 0 Å². The Morgan fingerprint density at radius 3 is 2.90 bits per heavy atom. The molecule has 0 radical (unpaired) electrons. The van der Waals surface area contributed by atoms with Gasteiger partial charge in [0.25, 0.3) is 0 Å². The van der Waals surface area contributed by atoms with Crippen molar-refractivity contribution in [3.05, 3.63) is 29.8 Å². The number of likely N-dealkylation sites (tertiary alicyclic amines) is 1. The van der Waals surface area contributed by atoms with E-state index in [1.807, 2.05) is 4.90 Å². The van der Waals surface area contributed by atoms with Crippen molar-refractivity contribution in [1.82, 2.24) is 4.90 Å². The molecular formula is C15H18N2O3. The summed E-state index contributed by atoms with van der Waals surface area (Å²) in [7, 11) is 0. The summed E-state index contributed by atoms with van der Waals surface area (Å²) in [4.78, 5) is 25.9. The molecule has 5 heteroatoms. The Morgan fingerprint density at radius 1 is 1.40 bits per heavy atom. The molecule has 1 saturated carbocycles. The van der Waals surface area contributed by atoms with Crippen LogP contribution in [0.3, 0.4) is 0 Å². The molecule has 20 heavy (non-hydrogen) atoms. The fourth-order valence-electron chi connectivity index (χ4n) is 2.64. The van der Waals surface area contributed by atoms with Gasteiger partial charge in [-0.2, -0.15) is 0 Å². The number of carbonyl (C=O) groups is 2. The van der Waals surface area contributed by atoms with Crippen LogP contribution in [0.5, 0.6) is 0 Å². The van der Waals surface area contributed by atoms with Gasteiger partial charge in [-0.1, -0.05) is 12.1 Å². The van der Waals surface area contributed by atoms with E-state index >= 15 is 0 Å². The molecule has 0 bridgehead atoms. The summed E-state index contributed by atoms with van der Waals surface area (Å²) < 4.78 is 0. The van der Waals surface area contributed by atoms with Crippen LogP contribution in [0.2, 0.25) is 0 Å². The number of nitrogens with zero attached hydrogens (tertiary/aromatic N) is 1. The van der Waals surface area contributed by atoms with Crippen molar-refractivity contribution in [2.75, 3.05) is 11.9 Å². The van der Waals surface area contributed by atoms with Crippen LogP contribution in [0, 0.1) is 5.92 Å². The SMILES string of the molecule is O=C(Nc1cccc(CO)c1)C1CC(=O)N(C2CC2)C1. The highest BCUT2D eigenvalue weighted by Gasteiger charge is 2.41. The van der Waals surface area contributed by atoms with Gasteiger partial charge in [0.15, 0.2) is 0 Å². The zero-order chi connectivity index (χ0) is 14.1. The lowest BCUT2D eigenvalue weighted by molar-refractivity contribution is -0.128. The number of hydrogen-bond acceptors (Lipinski definition) is 3. The van der Waals surface area contributed by atoms with Crippen molar-refractivity contribution in [2.45, 2.75) is 31.9 Å². The molecule has 1 aliphatic carbocycles. The predicted molar refractivity (Wildman–Crippen MR) is 73.8 cm³/mol. The van der Waals surface area contributed by atoms with E-state index in [4.69, 9.17) is 5.11 Å². The fraction of sp³-hybridized carbons (Fsp3) is 0.467. The van der Waals surface area contributed by atoms with Gasteiger partial charge >= 0.3 is 0 Å². The number of carbonyl (C=O) groups excluding carboxylic acids is 2. The minimum atomic E-state index is -0.263. The summed E-state index contributed by atoms with van der Waals surface area (Å²) in [5, 5.41) is 11.9. The van der Waals surface area contributed by atoms with Crippen LogP contribution in [-0.2, 0) is 16.2 Å². The minimum Gasteiger partial charge on any atom is -0.392 e. The summed E-state index contributed by atoms with van der Waals surface area (Å²) in [5.41, 5.74) is 1.42. The third-order valence-corrected chi connectivity index (χ3v) is 3.89. The van der Waals surface area contributed by atoms with E-state index in [2.05, 4.69) is 5.32 Å². The van der Waals surface area contributed by atoms with Gasteiger partial charge in [0, 0.05) is 24.7 Å². The first kappa shape index (κ1) is 13.1. The number of rotatable bonds is 4. The highest BCUT2D eigenvalue weighted by molar-refractivity contribution is 5.97. The molecule has 5 nitrogen and oxygen atoms in total. The molecule has 1 heterocycles. The van der Waals surface area contributed by atoms with Crippen LogP contribution in [-0.4, -0.2) is 34.4 Å². The number of benzene rings is 1. The zero-order valence-electron chi connectivity index (χ0n) is 11.2. The van der Waals surface area contributed by atoms with E-state index in [0.717, 1.165) is 18.4 Å². The number of aliphatic hydroxyl groups excluding tert-OH is 1. The van der Waals surface area contributed by atoms with Crippen LogP contribution in [0.25, 0.3) is 0 Å². The molecule has 3 rings (SSSR count). The molecule has 0 aromatic heterocycles. The van der Waals surface area contributed by atoms with Gasteiger partial charge in [0.2, 0.25) is 11.8 Å². The molecule has 1 aromatic rings. The normalized spacial score (nSPS) is 22.1. The van der Waals surface area contributed by atoms with Gasteiger partial charge in [0.1, 0.15) is 0 Å². The molecular weight excluding hydrogens is 256 g/mol. The van der Waals surface area contributed by atoms with Gasteiger partial charge < -0.3 is 15.3 Å². The Labute approximate surface area is 117 Å². The summed E-state index contributed by atoms with van der Waals surface area (Å²) in [6, 6.07) is 7.49. The Kier molecular flexibility index (Phi) is 3.44. The Bertz CT molecular complexity index is 540. The smallest absolute Gasteiger partial charge is 0.229 e. The van der Waals surface area contributed by atoms with Crippen molar-refractivity contribution in [3.8, 4) is 0 Å². The maximum Gasteiger partial charge on any atom is 0.229 e. The monoisotopic (exact) mass is 274 g/mol. The average Bonchev–Trinajstić information content (AvgIpc) is 3.21. The van der Waals surface area contributed by atoms with Crippen molar-refractivity contribution in [1.29, 1.82) is 0 Å². The summed E-state index contributed by atoms with van der Waals surface area (Å²) in [5.74, 6) is -0.283. The predicted octanol–water partition coefficient (Wildman–Crippen LogP) is 1.13. The van der Waals surface area contributed by atoms with Crippen LogP contribution >= 0.6 is 0 Å². The van der Waals surface area contributed by atoms with Crippen LogP contribution in [0.1, 0.15) is 24.8 Å². The van der Waals surface area contributed by atoms with Crippen LogP contribution < -0.4 is 5.32 Å². The first-order valence-electron chi connectivity index (χ1n) is 6.97. The zero-order valence-corrected chi connectivity index (χ0v) is 11.2. The maximum absolute atomic E-state index is 12.2. The molecule has 2 fully saturated rings. The number of anilines is 1.